The number of nitrogens with two attached hydrogens (primary N) is 1. The zero-order chi connectivity index (χ0) is 17.1. The van der Waals surface area contributed by atoms with Gasteiger partial charge in [0, 0.05) is 5.56 Å². The second-order valence-electron chi connectivity index (χ2n) is 5.62. The summed E-state index contributed by atoms with van der Waals surface area (Å²) in [5, 5.41) is 6.03. The fraction of sp³-hybridized carbons (Fsp3) is 0.158. The van der Waals surface area contributed by atoms with Crippen molar-refractivity contribution in [1.29, 1.82) is 0 Å². The van der Waals surface area contributed by atoms with Crippen LogP contribution in [0.2, 0.25) is 0 Å². The molecule has 0 aromatic heterocycles. The van der Waals surface area contributed by atoms with E-state index in [1.165, 1.54) is 17.7 Å². The minimum Gasteiger partial charge on any atom is -0.365 e. The average molecular weight is 323 g/mol. The fourth-order valence-electron chi connectivity index (χ4n) is 2.70. The number of hydrazone groups is 1. The van der Waals surface area contributed by atoms with E-state index in [4.69, 9.17) is 5.73 Å². The number of primary amides is 1. The molecule has 3 rings (SSSR count). The first-order valence-corrected chi connectivity index (χ1v) is 7.75. The normalized spacial score (nSPS) is 13.9. The van der Waals surface area contributed by atoms with E-state index in [1.54, 1.807) is 24.1 Å². The lowest BCUT2D eigenvalue weighted by Gasteiger charge is -2.27. The molecular weight excluding hydrogens is 305 g/mol. The summed E-state index contributed by atoms with van der Waals surface area (Å²) in [4.78, 5) is 11.4. The number of aryl methyl sites for hydroxylation is 1. The minimum absolute atomic E-state index is 0.184. The van der Waals surface area contributed by atoms with Gasteiger partial charge in [-0.3, -0.25) is 4.79 Å². The molecule has 0 atom stereocenters. The van der Waals surface area contributed by atoms with Gasteiger partial charge >= 0.3 is 0 Å². The Labute approximate surface area is 140 Å². The molecule has 5 heteroatoms. The quantitative estimate of drug-likeness (QED) is 0.692. The minimum atomic E-state index is -0.591. The molecule has 0 radical (unpaired) electrons. The molecule has 1 amide bonds. The van der Waals surface area contributed by atoms with Gasteiger partial charge in [0.25, 0.3) is 5.91 Å². The summed E-state index contributed by atoms with van der Waals surface area (Å²) in [6.07, 6.45) is 3.90. The molecule has 0 aliphatic heterocycles. The van der Waals surface area contributed by atoms with Crippen molar-refractivity contribution in [3.05, 3.63) is 71.6 Å². The number of carbonyl (C=O) groups is 1. The van der Waals surface area contributed by atoms with Gasteiger partial charge in [0.05, 0.1) is 11.4 Å². The SMILES string of the molecule is C/C(=N\N(C1=CCCc2ccccc21)c1ccc(F)cc1)C(N)=O. The first kappa shape index (κ1) is 15.9. The number of benzene rings is 2. The Balaban J connectivity index is 2.11. The van der Waals surface area contributed by atoms with Crippen molar-refractivity contribution in [1.82, 2.24) is 0 Å². The lowest BCUT2D eigenvalue weighted by molar-refractivity contribution is -0.112. The summed E-state index contributed by atoms with van der Waals surface area (Å²) in [5.74, 6) is -0.917. The molecule has 0 heterocycles. The van der Waals surface area contributed by atoms with Gasteiger partial charge in [-0.1, -0.05) is 30.3 Å². The van der Waals surface area contributed by atoms with Gasteiger partial charge < -0.3 is 5.73 Å². The van der Waals surface area contributed by atoms with Gasteiger partial charge in [-0.15, -0.1) is 0 Å². The lowest BCUT2D eigenvalue weighted by Crippen LogP contribution is -2.26. The fourth-order valence-corrected chi connectivity index (χ4v) is 2.70. The maximum Gasteiger partial charge on any atom is 0.264 e. The first-order valence-electron chi connectivity index (χ1n) is 7.75. The van der Waals surface area contributed by atoms with Crippen molar-refractivity contribution in [2.75, 3.05) is 5.01 Å². The number of nitrogens with zero attached hydrogens (tertiary/aromatic N) is 2. The van der Waals surface area contributed by atoms with Crippen LogP contribution in [0.1, 0.15) is 24.5 Å². The molecule has 0 saturated heterocycles. The second kappa shape index (κ2) is 6.66. The van der Waals surface area contributed by atoms with Gasteiger partial charge in [0.2, 0.25) is 0 Å². The maximum absolute atomic E-state index is 13.3. The lowest BCUT2D eigenvalue weighted by atomic mass is 9.94. The standard InChI is InChI=1S/C19H18FN3O/c1-13(19(21)24)22-23(16-11-9-15(20)10-12-16)18-8-4-6-14-5-2-3-7-17(14)18/h2-3,5,7-12H,4,6H2,1H3,(H2,21,24)/b22-13+. The molecule has 0 saturated carbocycles. The molecule has 4 nitrogen and oxygen atoms in total. The van der Waals surface area contributed by atoms with Crippen LogP contribution >= 0.6 is 0 Å². The van der Waals surface area contributed by atoms with Crippen LogP contribution in [0.3, 0.4) is 0 Å². The van der Waals surface area contributed by atoms with Crippen LogP contribution in [0, 0.1) is 5.82 Å². The first-order chi connectivity index (χ1) is 11.6. The monoisotopic (exact) mass is 323 g/mol. The highest BCUT2D eigenvalue weighted by Crippen LogP contribution is 2.33. The molecule has 1 aliphatic carbocycles. The molecule has 24 heavy (non-hydrogen) atoms. The van der Waals surface area contributed by atoms with Gasteiger partial charge in [0.15, 0.2) is 0 Å². The Kier molecular flexibility index (Phi) is 4.42. The highest BCUT2D eigenvalue weighted by Gasteiger charge is 2.20. The molecule has 0 spiro atoms. The van der Waals surface area contributed by atoms with E-state index < -0.39 is 5.91 Å². The third-order valence-electron chi connectivity index (χ3n) is 3.95. The van der Waals surface area contributed by atoms with Gasteiger partial charge in [-0.2, -0.15) is 5.10 Å². The summed E-state index contributed by atoms with van der Waals surface area (Å²) in [6, 6.07) is 14.1. The van der Waals surface area contributed by atoms with E-state index in [2.05, 4.69) is 17.2 Å². The van der Waals surface area contributed by atoms with Crippen molar-refractivity contribution in [2.24, 2.45) is 10.8 Å². The van der Waals surface area contributed by atoms with Crippen LogP contribution in [0.25, 0.3) is 5.70 Å². The highest BCUT2D eigenvalue weighted by atomic mass is 19.1. The van der Waals surface area contributed by atoms with Crippen LogP contribution in [0.4, 0.5) is 10.1 Å². The third-order valence-corrected chi connectivity index (χ3v) is 3.95. The predicted octanol–water partition coefficient (Wildman–Crippen LogP) is 3.48. The third kappa shape index (κ3) is 3.20. The second-order valence-corrected chi connectivity index (χ2v) is 5.62. The number of allylic oxidation sites excluding steroid dienone is 1. The molecule has 0 unspecified atom stereocenters. The van der Waals surface area contributed by atoms with Gasteiger partial charge in [0.1, 0.15) is 11.5 Å². The Morgan fingerprint density at radius 2 is 1.88 bits per heavy atom. The molecule has 2 aromatic rings. The number of hydrogen-bond donors (Lipinski definition) is 1. The summed E-state index contributed by atoms with van der Waals surface area (Å²) in [7, 11) is 0. The molecular formula is C19H18FN3O. The predicted molar refractivity (Wildman–Crippen MR) is 93.9 cm³/mol. The van der Waals surface area contributed by atoms with Crippen molar-refractivity contribution in [3.63, 3.8) is 0 Å². The summed E-state index contributed by atoms with van der Waals surface area (Å²) in [5.41, 5.74) is 9.32. The van der Waals surface area contributed by atoms with E-state index in [-0.39, 0.29) is 11.5 Å². The topological polar surface area (TPSA) is 58.7 Å². The number of fused-ring (bicyclic) bond motifs is 1. The van der Waals surface area contributed by atoms with Crippen LogP contribution in [0.15, 0.2) is 59.7 Å². The number of amides is 1. The molecule has 2 aromatic carbocycles. The van der Waals surface area contributed by atoms with E-state index >= 15 is 0 Å². The Morgan fingerprint density at radius 1 is 1.17 bits per heavy atom. The molecule has 0 bridgehead atoms. The maximum atomic E-state index is 13.3. The van der Waals surface area contributed by atoms with Crippen LogP contribution < -0.4 is 10.7 Å². The molecule has 0 fully saturated rings. The molecule has 1 aliphatic rings. The Morgan fingerprint density at radius 3 is 2.58 bits per heavy atom. The number of halogens is 1. The van der Waals surface area contributed by atoms with Crippen LogP contribution in [-0.4, -0.2) is 11.6 Å². The average Bonchev–Trinajstić information content (AvgIpc) is 2.60. The van der Waals surface area contributed by atoms with Crippen molar-refractivity contribution in [3.8, 4) is 0 Å². The molecule has 2 N–H and O–H groups in total. The Hall–Kier alpha value is -2.95. The number of rotatable bonds is 4. The number of anilines is 1. The summed E-state index contributed by atoms with van der Waals surface area (Å²) in [6.45, 7) is 1.56. The van der Waals surface area contributed by atoms with Gasteiger partial charge in [-0.05, 0) is 49.6 Å². The van der Waals surface area contributed by atoms with Gasteiger partial charge in [-0.25, -0.2) is 9.40 Å². The van der Waals surface area contributed by atoms with Crippen molar-refractivity contribution >= 4 is 23.0 Å². The number of carbonyl (C=O) groups excluding carboxylic acids is 1. The Bertz CT molecular complexity index is 825. The summed E-state index contributed by atoms with van der Waals surface area (Å²) >= 11 is 0. The zero-order valence-corrected chi connectivity index (χ0v) is 13.4. The van der Waals surface area contributed by atoms with Crippen LogP contribution in [-0.2, 0) is 11.2 Å². The zero-order valence-electron chi connectivity index (χ0n) is 13.4. The van der Waals surface area contributed by atoms with E-state index in [0.29, 0.717) is 5.69 Å². The molecule has 122 valence electrons. The van der Waals surface area contributed by atoms with E-state index in [9.17, 15) is 9.18 Å². The van der Waals surface area contributed by atoms with E-state index in [1.807, 2.05) is 18.2 Å². The summed E-state index contributed by atoms with van der Waals surface area (Å²) < 4.78 is 13.3. The highest BCUT2D eigenvalue weighted by molar-refractivity contribution is 6.37. The smallest absolute Gasteiger partial charge is 0.264 e. The number of hydrogen-bond acceptors (Lipinski definition) is 3. The largest absolute Gasteiger partial charge is 0.365 e. The van der Waals surface area contributed by atoms with Crippen molar-refractivity contribution < 1.29 is 9.18 Å². The van der Waals surface area contributed by atoms with Crippen molar-refractivity contribution in [2.45, 2.75) is 19.8 Å². The van der Waals surface area contributed by atoms with Crippen LogP contribution in [0.5, 0.6) is 0 Å². The van der Waals surface area contributed by atoms with E-state index in [0.717, 1.165) is 24.1 Å².